The first-order valence-corrected chi connectivity index (χ1v) is 14.5. The van der Waals surface area contributed by atoms with E-state index in [1.54, 1.807) is 0 Å². The van der Waals surface area contributed by atoms with Gasteiger partial charge in [-0.3, -0.25) is 0 Å². The molecule has 0 unspecified atom stereocenters. The van der Waals surface area contributed by atoms with Gasteiger partial charge in [-0.05, 0) is 83.2 Å². The van der Waals surface area contributed by atoms with Crippen LogP contribution in [0.25, 0.3) is 66.1 Å². The lowest BCUT2D eigenvalue weighted by Crippen LogP contribution is -2.14. The monoisotopic (exact) mass is 522 g/mol. The van der Waals surface area contributed by atoms with Gasteiger partial charge in [0.25, 0.3) is 0 Å². The molecule has 0 aliphatic heterocycles. The predicted octanol–water partition coefficient (Wildman–Crippen LogP) is 11.3. The molecule has 41 heavy (non-hydrogen) atoms. The highest BCUT2D eigenvalue weighted by Crippen LogP contribution is 2.51. The van der Waals surface area contributed by atoms with Crippen LogP contribution in [0.5, 0.6) is 0 Å². The van der Waals surface area contributed by atoms with Gasteiger partial charge in [0.2, 0.25) is 0 Å². The second-order valence-corrected chi connectivity index (χ2v) is 11.7. The van der Waals surface area contributed by atoms with Crippen LogP contribution in [0, 0.1) is 0 Å². The molecule has 0 heteroatoms. The van der Waals surface area contributed by atoms with Gasteiger partial charge in [-0.1, -0.05) is 153 Å². The van der Waals surface area contributed by atoms with Crippen molar-refractivity contribution in [1.29, 1.82) is 0 Å². The molecule has 0 nitrogen and oxygen atoms in total. The van der Waals surface area contributed by atoms with Gasteiger partial charge in [0.1, 0.15) is 0 Å². The molecular formula is C41H30. The average Bonchev–Trinajstić information content (AvgIpc) is 3.26. The van der Waals surface area contributed by atoms with Crippen LogP contribution in [-0.2, 0) is 5.41 Å². The van der Waals surface area contributed by atoms with Crippen LogP contribution in [0.3, 0.4) is 0 Å². The molecule has 0 aromatic heterocycles. The van der Waals surface area contributed by atoms with Crippen LogP contribution < -0.4 is 0 Å². The third-order valence-electron chi connectivity index (χ3n) is 9.08. The normalized spacial score (nSPS) is 13.3. The molecule has 0 bridgehead atoms. The highest BCUT2D eigenvalue weighted by Gasteiger charge is 2.35. The molecule has 8 rings (SSSR count). The fourth-order valence-corrected chi connectivity index (χ4v) is 7.16. The van der Waals surface area contributed by atoms with E-state index in [9.17, 15) is 0 Å². The summed E-state index contributed by atoms with van der Waals surface area (Å²) in [6.07, 6.45) is 0. The summed E-state index contributed by atoms with van der Waals surface area (Å²) < 4.78 is 0. The lowest BCUT2D eigenvalue weighted by atomic mass is 9.80. The Morgan fingerprint density at radius 1 is 0.341 bits per heavy atom. The van der Waals surface area contributed by atoms with E-state index in [1.165, 1.54) is 77.2 Å². The van der Waals surface area contributed by atoms with Gasteiger partial charge < -0.3 is 0 Å². The SMILES string of the molecule is CC1(C)c2ccccc2-c2ccc(-c3c4ccccc4c(-c4ccccc4-c4ccccc4)c4ccccc34)cc21. The van der Waals surface area contributed by atoms with E-state index in [0.717, 1.165) is 0 Å². The maximum atomic E-state index is 2.46. The van der Waals surface area contributed by atoms with E-state index in [-0.39, 0.29) is 5.41 Å². The lowest BCUT2D eigenvalue weighted by molar-refractivity contribution is 0.660. The van der Waals surface area contributed by atoms with Crippen molar-refractivity contribution in [2.75, 3.05) is 0 Å². The number of benzene rings is 7. The van der Waals surface area contributed by atoms with Gasteiger partial charge in [-0.2, -0.15) is 0 Å². The largest absolute Gasteiger partial charge is 0.0622 e. The zero-order valence-corrected chi connectivity index (χ0v) is 23.4. The maximum absolute atomic E-state index is 2.46. The minimum atomic E-state index is -0.0396. The molecule has 0 fully saturated rings. The molecule has 1 aliphatic carbocycles. The Morgan fingerprint density at radius 2 is 0.829 bits per heavy atom. The zero-order chi connectivity index (χ0) is 27.6. The molecule has 0 spiro atoms. The third-order valence-corrected chi connectivity index (χ3v) is 9.08. The van der Waals surface area contributed by atoms with E-state index >= 15 is 0 Å². The summed E-state index contributed by atoms with van der Waals surface area (Å²) >= 11 is 0. The van der Waals surface area contributed by atoms with Crippen LogP contribution in [0.2, 0.25) is 0 Å². The molecular weight excluding hydrogens is 492 g/mol. The van der Waals surface area contributed by atoms with Crippen LogP contribution in [0.4, 0.5) is 0 Å². The Labute approximate surface area is 241 Å². The number of fused-ring (bicyclic) bond motifs is 5. The maximum Gasteiger partial charge on any atom is 0.0159 e. The van der Waals surface area contributed by atoms with Gasteiger partial charge in [0.15, 0.2) is 0 Å². The Bertz CT molecular complexity index is 2050. The number of hydrogen-bond acceptors (Lipinski definition) is 0. The quantitative estimate of drug-likeness (QED) is 0.202. The first-order valence-electron chi connectivity index (χ1n) is 14.5. The fraction of sp³-hybridized carbons (Fsp3) is 0.0732. The van der Waals surface area contributed by atoms with Crippen molar-refractivity contribution in [1.82, 2.24) is 0 Å². The second kappa shape index (κ2) is 9.04. The highest BCUT2D eigenvalue weighted by molar-refractivity contribution is 6.22. The van der Waals surface area contributed by atoms with Crippen molar-refractivity contribution in [3.05, 3.63) is 157 Å². The molecule has 0 amide bonds. The summed E-state index contributed by atoms with van der Waals surface area (Å²) in [5.41, 5.74) is 13.1. The van der Waals surface area contributed by atoms with Gasteiger partial charge in [0, 0.05) is 5.41 Å². The van der Waals surface area contributed by atoms with Crippen molar-refractivity contribution in [3.8, 4) is 44.5 Å². The Morgan fingerprint density at radius 3 is 1.49 bits per heavy atom. The van der Waals surface area contributed by atoms with Crippen molar-refractivity contribution in [2.45, 2.75) is 19.3 Å². The Hall–Kier alpha value is -4.94. The summed E-state index contributed by atoms with van der Waals surface area (Å²) in [5.74, 6) is 0. The van der Waals surface area contributed by atoms with Crippen molar-refractivity contribution >= 4 is 21.5 Å². The first kappa shape index (κ1) is 23.9. The molecule has 0 N–H and O–H groups in total. The molecule has 1 aliphatic rings. The van der Waals surface area contributed by atoms with E-state index in [4.69, 9.17) is 0 Å². The van der Waals surface area contributed by atoms with Crippen LogP contribution in [-0.4, -0.2) is 0 Å². The smallest absolute Gasteiger partial charge is 0.0159 e. The summed E-state index contributed by atoms with van der Waals surface area (Å²) in [5, 5.41) is 5.15. The van der Waals surface area contributed by atoms with Crippen molar-refractivity contribution < 1.29 is 0 Å². The molecule has 194 valence electrons. The van der Waals surface area contributed by atoms with Crippen LogP contribution >= 0.6 is 0 Å². The molecule has 0 saturated carbocycles. The van der Waals surface area contributed by atoms with Crippen molar-refractivity contribution in [3.63, 3.8) is 0 Å². The standard InChI is InChI=1S/C41H30/c1-41(2)37-23-13-12-17-30(37)31-25-24-28(26-38(31)41)39-33-19-8-10-21-35(33)40(36-22-11-9-20-34(36)39)32-18-7-6-16-29(32)27-14-4-3-5-15-27/h3-26H,1-2H3. The molecule has 0 radical (unpaired) electrons. The lowest BCUT2D eigenvalue weighted by Gasteiger charge is -2.23. The molecule has 7 aromatic carbocycles. The first-order chi connectivity index (χ1) is 20.1. The fourth-order valence-electron chi connectivity index (χ4n) is 7.16. The van der Waals surface area contributed by atoms with E-state index in [1.807, 2.05) is 0 Å². The summed E-state index contributed by atoms with van der Waals surface area (Å²) in [7, 11) is 0. The van der Waals surface area contributed by atoms with Gasteiger partial charge in [0.05, 0.1) is 0 Å². The molecule has 7 aromatic rings. The topological polar surface area (TPSA) is 0 Å². The van der Waals surface area contributed by atoms with Gasteiger partial charge in [-0.15, -0.1) is 0 Å². The molecule has 0 heterocycles. The predicted molar refractivity (Wildman–Crippen MR) is 175 cm³/mol. The van der Waals surface area contributed by atoms with Crippen LogP contribution in [0.1, 0.15) is 25.0 Å². The highest BCUT2D eigenvalue weighted by atomic mass is 14.4. The van der Waals surface area contributed by atoms with Gasteiger partial charge >= 0.3 is 0 Å². The Balaban J connectivity index is 1.44. The third kappa shape index (κ3) is 3.54. The average molecular weight is 523 g/mol. The van der Waals surface area contributed by atoms with E-state index in [0.29, 0.717) is 0 Å². The zero-order valence-electron chi connectivity index (χ0n) is 23.4. The minimum Gasteiger partial charge on any atom is -0.0622 e. The second-order valence-electron chi connectivity index (χ2n) is 11.7. The van der Waals surface area contributed by atoms with Crippen LogP contribution in [0.15, 0.2) is 146 Å². The number of rotatable bonds is 3. The van der Waals surface area contributed by atoms with E-state index < -0.39 is 0 Å². The molecule has 0 saturated heterocycles. The molecule has 0 atom stereocenters. The minimum absolute atomic E-state index is 0.0396. The van der Waals surface area contributed by atoms with Gasteiger partial charge in [-0.25, -0.2) is 0 Å². The summed E-state index contributed by atoms with van der Waals surface area (Å²) in [4.78, 5) is 0. The van der Waals surface area contributed by atoms with E-state index in [2.05, 4.69) is 159 Å². The Kier molecular flexibility index (Phi) is 5.27. The number of hydrogen-bond donors (Lipinski definition) is 0. The van der Waals surface area contributed by atoms with Crippen molar-refractivity contribution in [2.24, 2.45) is 0 Å². The summed E-state index contributed by atoms with van der Waals surface area (Å²) in [6, 6.07) is 53.6. The summed E-state index contributed by atoms with van der Waals surface area (Å²) in [6.45, 7) is 4.72.